The molecular formula is C35H35BrFN3O6S. The molecule has 0 radical (unpaired) electrons. The zero-order valence-corrected chi connectivity index (χ0v) is 29.3. The second-order valence-electron chi connectivity index (χ2n) is 10.6. The van der Waals surface area contributed by atoms with Gasteiger partial charge < -0.3 is 23.8 Å². The van der Waals surface area contributed by atoms with Gasteiger partial charge >= 0.3 is 0 Å². The molecule has 5 rings (SSSR count). The minimum atomic E-state index is -0.818. The number of hydrogen-bond donors (Lipinski definition) is 0. The summed E-state index contributed by atoms with van der Waals surface area (Å²) in [6, 6.07) is 14.4. The van der Waals surface area contributed by atoms with Crippen molar-refractivity contribution in [3.63, 3.8) is 0 Å². The molecule has 1 aliphatic rings. The maximum Gasteiger partial charge on any atom is 0.271 e. The van der Waals surface area contributed by atoms with Crippen molar-refractivity contribution >= 4 is 39.2 Å². The minimum absolute atomic E-state index is 0.00120. The van der Waals surface area contributed by atoms with Gasteiger partial charge in [0.05, 0.1) is 41.6 Å². The fourth-order valence-corrected chi connectivity index (χ4v) is 7.12. The lowest BCUT2D eigenvalue weighted by Crippen LogP contribution is -2.43. The Morgan fingerprint density at radius 1 is 1.04 bits per heavy atom. The first-order valence-electron chi connectivity index (χ1n) is 14.9. The van der Waals surface area contributed by atoms with E-state index in [0.717, 1.165) is 0 Å². The molecule has 1 atom stereocenters. The Bertz CT molecular complexity index is 2040. The highest BCUT2D eigenvalue weighted by atomic mass is 79.9. The molecule has 0 fully saturated rings. The maximum absolute atomic E-state index is 14.3. The van der Waals surface area contributed by atoms with Gasteiger partial charge in [0.2, 0.25) is 0 Å². The first kappa shape index (κ1) is 33.9. The van der Waals surface area contributed by atoms with Crippen LogP contribution in [-0.4, -0.2) is 49.8 Å². The topological polar surface area (TPSA) is 91.6 Å². The Balaban J connectivity index is 1.65. The van der Waals surface area contributed by atoms with E-state index in [1.807, 2.05) is 13.8 Å². The number of carbonyl (C=O) groups excluding carboxylic acids is 1. The second kappa shape index (κ2) is 14.6. The fourth-order valence-electron chi connectivity index (χ4n) is 5.50. The third-order valence-corrected chi connectivity index (χ3v) is 9.49. The second-order valence-corrected chi connectivity index (χ2v) is 12.4. The normalized spacial score (nSPS) is 14.4. The highest BCUT2D eigenvalue weighted by Crippen LogP contribution is 2.39. The van der Waals surface area contributed by atoms with Crippen molar-refractivity contribution in [2.45, 2.75) is 33.4 Å². The first-order chi connectivity index (χ1) is 22.6. The van der Waals surface area contributed by atoms with Crippen LogP contribution in [0.4, 0.5) is 4.39 Å². The predicted octanol–water partition coefficient (Wildman–Crippen LogP) is 5.61. The largest absolute Gasteiger partial charge is 0.497 e. The molecule has 2 heterocycles. The third kappa shape index (κ3) is 6.70. The van der Waals surface area contributed by atoms with Crippen molar-refractivity contribution in [2.24, 2.45) is 4.99 Å². The van der Waals surface area contributed by atoms with Crippen LogP contribution < -0.4 is 33.8 Å². The summed E-state index contributed by atoms with van der Waals surface area (Å²) in [4.78, 5) is 35.2. The number of rotatable bonds is 11. The molecule has 47 heavy (non-hydrogen) atoms. The number of ether oxygens (including phenoxy) is 4. The Morgan fingerprint density at radius 2 is 1.77 bits per heavy atom. The molecule has 0 N–H and O–H groups in total. The monoisotopic (exact) mass is 723 g/mol. The van der Waals surface area contributed by atoms with E-state index in [1.54, 1.807) is 85.2 Å². The Morgan fingerprint density at radius 3 is 2.43 bits per heavy atom. The van der Waals surface area contributed by atoms with Crippen molar-refractivity contribution in [3.8, 4) is 23.0 Å². The molecule has 0 spiro atoms. The van der Waals surface area contributed by atoms with Gasteiger partial charge in [-0.25, -0.2) is 9.38 Å². The van der Waals surface area contributed by atoms with Gasteiger partial charge in [-0.2, -0.15) is 0 Å². The molecular weight excluding hydrogens is 689 g/mol. The number of hydrogen-bond acceptors (Lipinski definition) is 8. The Labute approximate surface area is 284 Å². The molecule has 0 unspecified atom stereocenters. The van der Waals surface area contributed by atoms with Crippen molar-refractivity contribution in [3.05, 3.63) is 113 Å². The summed E-state index contributed by atoms with van der Waals surface area (Å²) in [5.74, 6) is 1.29. The highest BCUT2D eigenvalue weighted by Gasteiger charge is 2.36. The fraction of sp³-hybridized carbons (Fsp3) is 0.286. The standard InChI is InChI=1S/C35H35BrFN3O6S/c1-7-39(8-2)34(42)30-20(3)38-35-40(31(30)24-18-23(43-4)13-14-27(24)44-5)33(41)29(47-35)17-21-15-25(36)32(28(16-21)45-6)46-19-22-11-9-10-12-26(22)37/h9-18,31H,7-8,19H2,1-6H3/b29-17+/t31-/m0/s1. The van der Waals surface area contributed by atoms with Gasteiger partial charge in [-0.05, 0) is 84.7 Å². The molecule has 0 saturated heterocycles. The van der Waals surface area contributed by atoms with Crippen LogP contribution in [0.2, 0.25) is 0 Å². The molecule has 3 aromatic carbocycles. The van der Waals surface area contributed by atoms with Crippen molar-refractivity contribution in [1.29, 1.82) is 0 Å². The summed E-state index contributed by atoms with van der Waals surface area (Å²) < 4.78 is 39.5. The average Bonchev–Trinajstić information content (AvgIpc) is 3.37. The summed E-state index contributed by atoms with van der Waals surface area (Å²) in [5.41, 5.74) is 2.25. The van der Waals surface area contributed by atoms with Crippen LogP contribution in [-0.2, 0) is 11.4 Å². The average molecular weight is 725 g/mol. The lowest BCUT2D eigenvalue weighted by atomic mass is 9.93. The SMILES string of the molecule is CCN(CC)C(=O)C1=C(C)N=c2s/c(=C/c3cc(Br)c(OCc4ccccc4F)c(OC)c3)c(=O)n2[C@H]1c1cc(OC)ccc1OC. The third-order valence-electron chi connectivity index (χ3n) is 7.91. The summed E-state index contributed by atoms with van der Waals surface area (Å²) >= 11 is 4.77. The van der Waals surface area contributed by atoms with Crippen molar-refractivity contribution < 1.29 is 28.1 Å². The zero-order valence-electron chi connectivity index (χ0n) is 26.9. The van der Waals surface area contributed by atoms with E-state index in [4.69, 9.17) is 23.9 Å². The number of benzene rings is 3. The lowest BCUT2D eigenvalue weighted by Gasteiger charge is -2.30. The van der Waals surface area contributed by atoms with Gasteiger partial charge in [0, 0.05) is 24.2 Å². The van der Waals surface area contributed by atoms with Gasteiger partial charge in [0.1, 0.15) is 30.0 Å². The number of carbonyl (C=O) groups is 1. The molecule has 1 amide bonds. The van der Waals surface area contributed by atoms with E-state index in [2.05, 4.69) is 15.9 Å². The zero-order chi connectivity index (χ0) is 33.8. The van der Waals surface area contributed by atoms with E-state index < -0.39 is 6.04 Å². The molecule has 246 valence electrons. The quantitative estimate of drug-likeness (QED) is 0.200. The smallest absolute Gasteiger partial charge is 0.271 e. The van der Waals surface area contributed by atoms with Crippen LogP contribution in [0.15, 0.2) is 80.1 Å². The van der Waals surface area contributed by atoms with E-state index in [9.17, 15) is 14.0 Å². The van der Waals surface area contributed by atoms with Crippen LogP contribution in [0.3, 0.4) is 0 Å². The van der Waals surface area contributed by atoms with E-state index in [1.165, 1.54) is 24.5 Å². The Hall–Kier alpha value is -4.42. The molecule has 0 saturated carbocycles. The maximum atomic E-state index is 14.3. The van der Waals surface area contributed by atoms with Gasteiger partial charge in [0.15, 0.2) is 16.3 Å². The Kier molecular flexibility index (Phi) is 10.5. The highest BCUT2D eigenvalue weighted by molar-refractivity contribution is 9.10. The molecule has 4 aromatic rings. The van der Waals surface area contributed by atoms with Crippen LogP contribution >= 0.6 is 27.3 Å². The van der Waals surface area contributed by atoms with E-state index in [0.29, 0.717) is 77.9 Å². The number of allylic oxidation sites excluding steroid dienone is 1. The van der Waals surface area contributed by atoms with Gasteiger partial charge in [-0.15, -0.1) is 0 Å². The van der Waals surface area contributed by atoms with Crippen LogP contribution in [0, 0.1) is 5.82 Å². The lowest BCUT2D eigenvalue weighted by molar-refractivity contribution is -0.127. The number of nitrogens with zero attached hydrogens (tertiary/aromatic N) is 3. The molecule has 0 aliphatic carbocycles. The number of amides is 1. The minimum Gasteiger partial charge on any atom is -0.497 e. The molecule has 9 nitrogen and oxygen atoms in total. The predicted molar refractivity (Wildman–Crippen MR) is 183 cm³/mol. The van der Waals surface area contributed by atoms with Crippen LogP contribution in [0.25, 0.3) is 6.08 Å². The number of likely N-dealkylation sites (N-methyl/N-ethyl adjacent to an activating group) is 1. The van der Waals surface area contributed by atoms with Crippen molar-refractivity contribution in [2.75, 3.05) is 34.4 Å². The van der Waals surface area contributed by atoms with Gasteiger partial charge in [-0.3, -0.25) is 14.2 Å². The number of halogens is 2. The molecule has 12 heteroatoms. The summed E-state index contributed by atoms with van der Waals surface area (Å²) in [5, 5.41) is 0. The van der Waals surface area contributed by atoms with Crippen LogP contribution in [0.5, 0.6) is 23.0 Å². The first-order valence-corrected chi connectivity index (χ1v) is 16.5. The number of aromatic nitrogens is 1. The number of methoxy groups -OCH3 is 3. The molecule has 1 aromatic heterocycles. The van der Waals surface area contributed by atoms with Crippen molar-refractivity contribution in [1.82, 2.24) is 9.47 Å². The van der Waals surface area contributed by atoms with E-state index >= 15 is 0 Å². The molecule has 0 bridgehead atoms. The van der Waals surface area contributed by atoms with E-state index in [-0.39, 0.29) is 23.9 Å². The number of thiazole rings is 1. The van der Waals surface area contributed by atoms with Gasteiger partial charge in [-0.1, -0.05) is 29.5 Å². The summed E-state index contributed by atoms with van der Waals surface area (Å²) in [7, 11) is 4.61. The summed E-state index contributed by atoms with van der Waals surface area (Å²) in [6.45, 7) is 6.60. The summed E-state index contributed by atoms with van der Waals surface area (Å²) in [6.07, 6.45) is 1.74. The van der Waals surface area contributed by atoms with Crippen LogP contribution in [0.1, 0.15) is 43.5 Å². The molecule has 1 aliphatic heterocycles. The number of fused-ring (bicyclic) bond motifs is 1. The van der Waals surface area contributed by atoms with Gasteiger partial charge in [0.25, 0.3) is 11.5 Å².